The Labute approximate surface area is 158 Å². The highest BCUT2D eigenvalue weighted by Gasteiger charge is 2.43. The first kappa shape index (κ1) is 18.4. The van der Waals surface area contributed by atoms with E-state index in [-0.39, 0.29) is 5.41 Å². The van der Waals surface area contributed by atoms with Gasteiger partial charge in [0.05, 0.1) is 5.41 Å². The van der Waals surface area contributed by atoms with Crippen LogP contribution in [-0.2, 0) is 5.41 Å². The van der Waals surface area contributed by atoms with Crippen molar-refractivity contribution < 1.29 is 4.58 Å². The van der Waals surface area contributed by atoms with Gasteiger partial charge in [0.1, 0.15) is 6.54 Å². The van der Waals surface area contributed by atoms with Crippen LogP contribution < -0.4 is 4.90 Å². The summed E-state index contributed by atoms with van der Waals surface area (Å²) < 4.78 is 2.44. The second-order valence-electron chi connectivity index (χ2n) is 7.37. The van der Waals surface area contributed by atoms with Gasteiger partial charge in [-0.1, -0.05) is 30.3 Å². The third-order valence-electron chi connectivity index (χ3n) is 5.57. The summed E-state index contributed by atoms with van der Waals surface area (Å²) in [6.45, 7) is 14.4. The molecule has 0 saturated heterocycles. The van der Waals surface area contributed by atoms with Crippen molar-refractivity contribution in [1.82, 2.24) is 0 Å². The minimum absolute atomic E-state index is 0.0320. The quantitative estimate of drug-likeness (QED) is 0.613. The van der Waals surface area contributed by atoms with Crippen molar-refractivity contribution in [3.05, 3.63) is 65.7 Å². The maximum Gasteiger partial charge on any atom is 0.209 e. The van der Waals surface area contributed by atoms with Crippen LogP contribution in [0.5, 0.6) is 0 Å². The standard InChI is InChI=1S/C24H31N2/c1-6-25(7-2)20-16-13-19(14-17-20)15-18-23-24(4,5)21-11-9-10-12-22(21)26(23)8-3/h9-18H,6-8H2,1-5H3/q+1. The number of benzene rings is 2. The molecule has 0 bridgehead atoms. The van der Waals surface area contributed by atoms with E-state index in [2.05, 4.69) is 105 Å². The Morgan fingerprint density at radius 3 is 2.15 bits per heavy atom. The fourth-order valence-corrected chi connectivity index (χ4v) is 4.04. The van der Waals surface area contributed by atoms with Gasteiger partial charge >= 0.3 is 0 Å². The van der Waals surface area contributed by atoms with Gasteiger partial charge in [-0.05, 0) is 58.4 Å². The second-order valence-corrected chi connectivity index (χ2v) is 7.37. The highest BCUT2D eigenvalue weighted by Crippen LogP contribution is 2.39. The molecular weight excluding hydrogens is 316 g/mol. The average molecular weight is 348 g/mol. The van der Waals surface area contributed by atoms with Crippen molar-refractivity contribution in [2.45, 2.75) is 40.0 Å². The smallest absolute Gasteiger partial charge is 0.209 e. The lowest BCUT2D eigenvalue weighted by Crippen LogP contribution is -2.27. The van der Waals surface area contributed by atoms with Crippen LogP contribution in [0.2, 0.25) is 0 Å². The normalized spacial score (nSPS) is 15.6. The Morgan fingerprint density at radius 2 is 1.54 bits per heavy atom. The zero-order valence-electron chi connectivity index (χ0n) is 16.8. The molecule has 0 spiro atoms. The van der Waals surface area contributed by atoms with E-state index in [4.69, 9.17) is 0 Å². The first-order chi connectivity index (χ1) is 12.5. The van der Waals surface area contributed by atoms with Crippen molar-refractivity contribution in [2.24, 2.45) is 0 Å². The predicted octanol–water partition coefficient (Wildman–Crippen LogP) is 5.64. The SMILES string of the molecule is CCN(CC)c1ccc(C=CC2=[N+](CC)c3ccccc3C2(C)C)cc1. The van der Waals surface area contributed by atoms with Crippen molar-refractivity contribution in [1.29, 1.82) is 0 Å². The fourth-order valence-electron chi connectivity index (χ4n) is 4.04. The zero-order chi connectivity index (χ0) is 18.7. The molecule has 2 heteroatoms. The predicted molar refractivity (Wildman–Crippen MR) is 114 cm³/mol. The first-order valence-corrected chi connectivity index (χ1v) is 9.80. The fraction of sp³-hybridized carbons (Fsp3) is 0.375. The third-order valence-corrected chi connectivity index (χ3v) is 5.57. The summed E-state index contributed by atoms with van der Waals surface area (Å²) in [6, 6.07) is 17.7. The molecule has 0 saturated carbocycles. The number of hydrogen-bond donors (Lipinski definition) is 0. The van der Waals surface area contributed by atoms with Crippen LogP contribution in [0.3, 0.4) is 0 Å². The highest BCUT2D eigenvalue weighted by atomic mass is 15.1. The van der Waals surface area contributed by atoms with E-state index in [0.717, 1.165) is 19.6 Å². The molecule has 0 aromatic heterocycles. The number of hydrogen-bond acceptors (Lipinski definition) is 1. The zero-order valence-corrected chi connectivity index (χ0v) is 16.8. The average Bonchev–Trinajstić information content (AvgIpc) is 2.88. The highest BCUT2D eigenvalue weighted by molar-refractivity contribution is 6.05. The Hall–Kier alpha value is -2.35. The molecule has 0 atom stereocenters. The van der Waals surface area contributed by atoms with Crippen LogP contribution in [0.1, 0.15) is 45.7 Å². The maximum absolute atomic E-state index is 2.44. The summed E-state index contributed by atoms with van der Waals surface area (Å²) in [5.41, 5.74) is 6.70. The first-order valence-electron chi connectivity index (χ1n) is 9.80. The number of para-hydroxylation sites is 1. The van der Waals surface area contributed by atoms with Crippen molar-refractivity contribution in [3.8, 4) is 0 Å². The molecule has 0 N–H and O–H groups in total. The Kier molecular flexibility index (Phi) is 5.31. The van der Waals surface area contributed by atoms with Crippen LogP contribution in [0.15, 0.2) is 54.6 Å². The Morgan fingerprint density at radius 1 is 0.885 bits per heavy atom. The molecule has 3 rings (SSSR count). The molecule has 26 heavy (non-hydrogen) atoms. The molecule has 0 amide bonds. The van der Waals surface area contributed by atoms with Crippen molar-refractivity contribution >= 4 is 23.2 Å². The van der Waals surface area contributed by atoms with Crippen LogP contribution >= 0.6 is 0 Å². The number of nitrogens with zero attached hydrogens (tertiary/aromatic N) is 2. The van der Waals surface area contributed by atoms with Gasteiger partial charge in [-0.3, -0.25) is 0 Å². The number of fused-ring (bicyclic) bond motifs is 1. The van der Waals surface area contributed by atoms with E-state index in [1.165, 1.54) is 28.2 Å². The molecule has 0 radical (unpaired) electrons. The molecule has 2 nitrogen and oxygen atoms in total. The van der Waals surface area contributed by atoms with Gasteiger partial charge in [-0.25, -0.2) is 0 Å². The van der Waals surface area contributed by atoms with Gasteiger partial charge < -0.3 is 4.90 Å². The van der Waals surface area contributed by atoms with Gasteiger partial charge in [0.25, 0.3) is 0 Å². The third kappa shape index (κ3) is 3.21. The van der Waals surface area contributed by atoms with Crippen LogP contribution in [0.4, 0.5) is 11.4 Å². The van der Waals surface area contributed by atoms with E-state index in [1.807, 2.05) is 0 Å². The lowest BCUT2D eigenvalue weighted by molar-refractivity contribution is -0.433. The Balaban J connectivity index is 1.90. The summed E-state index contributed by atoms with van der Waals surface area (Å²) in [5.74, 6) is 0. The minimum atomic E-state index is 0.0320. The molecule has 2 aromatic carbocycles. The van der Waals surface area contributed by atoms with Gasteiger partial charge in [-0.2, -0.15) is 4.58 Å². The number of rotatable bonds is 6. The molecular formula is C24H31N2+. The molecule has 0 aliphatic carbocycles. The monoisotopic (exact) mass is 347 g/mol. The van der Waals surface area contributed by atoms with Crippen LogP contribution in [0.25, 0.3) is 6.08 Å². The van der Waals surface area contributed by atoms with Crippen LogP contribution in [-0.4, -0.2) is 29.9 Å². The van der Waals surface area contributed by atoms with Gasteiger partial charge in [0.15, 0.2) is 5.71 Å². The van der Waals surface area contributed by atoms with E-state index in [0.29, 0.717) is 0 Å². The van der Waals surface area contributed by atoms with E-state index in [9.17, 15) is 0 Å². The van der Waals surface area contributed by atoms with E-state index in [1.54, 1.807) is 0 Å². The van der Waals surface area contributed by atoms with Crippen LogP contribution in [0, 0.1) is 0 Å². The van der Waals surface area contributed by atoms with E-state index < -0.39 is 0 Å². The van der Waals surface area contributed by atoms with Gasteiger partial charge in [-0.15, -0.1) is 0 Å². The second kappa shape index (κ2) is 7.49. The van der Waals surface area contributed by atoms with Gasteiger partial charge in [0, 0.05) is 36.5 Å². The lowest BCUT2D eigenvalue weighted by Gasteiger charge is -2.20. The molecule has 2 aromatic rings. The molecule has 0 fully saturated rings. The van der Waals surface area contributed by atoms with Crippen molar-refractivity contribution in [2.75, 3.05) is 24.5 Å². The topological polar surface area (TPSA) is 6.25 Å². The number of allylic oxidation sites excluding steroid dienone is 1. The molecule has 0 unspecified atom stereocenters. The van der Waals surface area contributed by atoms with Crippen molar-refractivity contribution in [3.63, 3.8) is 0 Å². The summed E-state index contributed by atoms with van der Waals surface area (Å²) >= 11 is 0. The van der Waals surface area contributed by atoms with E-state index >= 15 is 0 Å². The van der Waals surface area contributed by atoms with Gasteiger partial charge in [0.2, 0.25) is 5.69 Å². The molecule has 1 heterocycles. The molecule has 1 aliphatic heterocycles. The largest absolute Gasteiger partial charge is 0.372 e. The summed E-state index contributed by atoms with van der Waals surface area (Å²) in [6.07, 6.45) is 4.55. The Bertz CT molecular complexity index is 822. The summed E-state index contributed by atoms with van der Waals surface area (Å²) in [5, 5.41) is 0. The summed E-state index contributed by atoms with van der Waals surface area (Å²) in [7, 11) is 0. The molecule has 136 valence electrons. The summed E-state index contributed by atoms with van der Waals surface area (Å²) in [4.78, 5) is 2.37. The maximum atomic E-state index is 2.44. The number of anilines is 1. The minimum Gasteiger partial charge on any atom is -0.372 e. The lowest BCUT2D eigenvalue weighted by atomic mass is 9.81. The molecule has 1 aliphatic rings.